The number of carbonyl (C=O) groups is 1. The van der Waals surface area contributed by atoms with Crippen LogP contribution < -0.4 is 0 Å². The third-order valence-corrected chi connectivity index (χ3v) is 6.02. The minimum atomic E-state index is -0.160. The summed E-state index contributed by atoms with van der Waals surface area (Å²) in [6.45, 7) is 1.51. The van der Waals surface area contributed by atoms with Crippen LogP contribution in [0.25, 0.3) is 16.9 Å². The lowest BCUT2D eigenvalue weighted by atomic mass is 10.1. The highest BCUT2D eigenvalue weighted by atomic mass is 79.9. The van der Waals surface area contributed by atoms with Crippen molar-refractivity contribution in [2.75, 3.05) is 19.7 Å². The Hall–Kier alpha value is -3.29. The number of morpholine rings is 1. The molecule has 32 heavy (non-hydrogen) atoms. The van der Waals surface area contributed by atoms with Crippen LogP contribution in [0.2, 0.25) is 0 Å². The van der Waals surface area contributed by atoms with Gasteiger partial charge in [0, 0.05) is 35.2 Å². The van der Waals surface area contributed by atoms with Crippen molar-refractivity contribution in [2.24, 2.45) is 0 Å². The zero-order valence-electron chi connectivity index (χ0n) is 17.3. The van der Waals surface area contributed by atoms with Crippen molar-refractivity contribution >= 4 is 21.8 Å². The number of benzene rings is 2. The predicted octanol–water partition coefficient (Wildman–Crippen LogP) is 4.91. The normalized spacial score (nSPS) is 16.2. The molecule has 0 spiro atoms. The second kappa shape index (κ2) is 9.06. The van der Waals surface area contributed by atoms with Crippen LogP contribution in [0.3, 0.4) is 0 Å². The molecule has 5 rings (SSSR count). The Morgan fingerprint density at radius 1 is 1.03 bits per heavy atom. The first-order valence-corrected chi connectivity index (χ1v) is 11.2. The van der Waals surface area contributed by atoms with Crippen LogP contribution in [0.5, 0.6) is 0 Å². The van der Waals surface area contributed by atoms with Crippen LogP contribution in [-0.2, 0) is 4.74 Å². The first-order chi connectivity index (χ1) is 15.7. The summed E-state index contributed by atoms with van der Waals surface area (Å²) >= 11 is 3.47. The van der Waals surface area contributed by atoms with Gasteiger partial charge in [-0.05, 0) is 42.0 Å². The molecule has 0 N–H and O–H groups in total. The summed E-state index contributed by atoms with van der Waals surface area (Å²) in [5, 5.41) is 4.75. The van der Waals surface area contributed by atoms with Gasteiger partial charge in [-0.1, -0.05) is 46.3 Å². The quantitative estimate of drug-likeness (QED) is 0.409. The molecule has 1 atom stereocenters. The number of hydrogen-bond donors (Lipinski definition) is 0. The summed E-state index contributed by atoms with van der Waals surface area (Å²) in [4.78, 5) is 19.7. The van der Waals surface area contributed by atoms with Crippen molar-refractivity contribution in [3.05, 3.63) is 101 Å². The monoisotopic (exact) mass is 488 g/mol. The highest BCUT2D eigenvalue weighted by Crippen LogP contribution is 2.28. The van der Waals surface area contributed by atoms with Gasteiger partial charge in [0.1, 0.15) is 11.8 Å². The van der Waals surface area contributed by atoms with E-state index in [9.17, 15) is 4.79 Å². The molecule has 0 aliphatic carbocycles. The van der Waals surface area contributed by atoms with E-state index in [1.165, 1.54) is 0 Å². The number of nitrogens with zero attached hydrogens (tertiary/aromatic N) is 4. The van der Waals surface area contributed by atoms with Gasteiger partial charge in [-0.15, -0.1) is 0 Å². The Balaban J connectivity index is 1.48. The highest BCUT2D eigenvalue weighted by molar-refractivity contribution is 9.10. The van der Waals surface area contributed by atoms with Crippen molar-refractivity contribution in [3.8, 4) is 16.9 Å². The largest absolute Gasteiger partial charge is 0.370 e. The maximum absolute atomic E-state index is 13.7. The van der Waals surface area contributed by atoms with Gasteiger partial charge in [0.25, 0.3) is 5.91 Å². The standard InChI is InChI=1S/C25H21BrN4O2/c26-20-10-8-18(9-11-20)23-17-29(13-14-32-23)25(31)22-16-30(21-6-2-1-3-7-21)28-24(22)19-5-4-12-27-15-19/h1-12,15-16,23H,13-14,17H2. The van der Waals surface area contributed by atoms with E-state index in [4.69, 9.17) is 9.84 Å². The van der Waals surface area contributed by atoms with Crippen LogP contribution in [0.4, 0.5) is 0 Å². The summed E-state index contributed by atoms with van der Waals surface area (Å²) in [5.74, 6) is -0.0588. The van der Waals surface area contributed by atoms with Gasteiger partial charge < -0.3 is 9.64 Å². The van der Waals surface area contributed by atoms with Crippen molar-refractivity contribution in [2.45, 2.75) is 6.10 Å². The van der Waals surface area contributed by atoms with Crippen molar-refractivity contribution < 1.29 is 9.53 Å². The lowest BCUT2D eigenvalue weighted by Gasteiger charge is -2.33. The molecule has 4 aromatic rings. The van der Waals surface area contributed by atoms with Gasteiger partial charge in [-0.3, -0.25) is 9.78 Å². The molecule has 2 aromatic heterocycles. The number of amides is 1. The zero-order valence-corrected chi connectivity index (χ0v) is 18.9. The Bertz CT molecular complexity index is 1210. The molecule has 1 aliphatic rings. The van der Waals surface area contributed by atoms with E-state index in [1.54, 1.807) is 17.1 Å². The zero-order chi connectivity index (χ0) is 21.9. The molecule has 160 valence electrons. The number of rotatable bonds is 4. The van der Waals surface area contributed by atoms with Gasteiger partial charge in [-0.2, -0.15) is 5.10 Å². The van der Waals surface area contributed by atoms with Crippen molar-refractivity contribution in [1.29, 1.82) is 0 Å². The van der Waals surface area contributed by atoms with Gasteiger partial charge >= 0.3 is 0 Å². The third kappa shape index (κ3) is 4.22. The van der Waals surface area contributed by atoms with E-state index in [0.29, 0.717) is 31.0 Å². The lowest BCUT2D eigenvalue weighted by Crippen LogP contribution is -2.42. The van der Waals surface area contributed by atoms with Crippen LogP contribution >= 0.6 is 15.9 Å². The molecular weight excluding hydrogens is 468 g/mol. The molecule has 1 aliphatic heterocycles. The molecule has 1 unspecified atom stereocenters. The Morgan fingerprint density at radius 3 is 2.59 bits per heavy atom. The Kier molecular flexibility index (Phi) is 5.83. The summed E-state index contributed by atoms with van der Waals surface area (Å²) < 4.78 is 8.74. The molecule has 2 aromatic carbocycles. The fraction of sp³-hybridized carbons (Fsp3) is 0.160. The topological polar surface area (TPSA) is 60.2 Å². The molecule has 0 bridgehead atoms. The van der Waals surface area contributed by atoms with Crippen molar-refractivity contribution in [1.82, 2.24) is 19.7 Å². The second-order valence-electron chi connectivity index (χ2n) is 7.58. The Labute approximate surface area is 194 Å². The maximum atomic E-state index is 13.7. The minimum absolute atomic E-state index is 0.0588. The first-order valence-electron chi connectivity index (χ1n) is 10.4. The number of halogens is 1. The highest BCUT2D eigenvalue weighted by Gasteiger charge is 2.29. The predicted molar refractivity (Wildman–Crippen MR) is 126 cm³/mol. The fourth-order valence-electron chi connectivity index (χ4n) is 3.84. The van der Waals surface area contributed by atoms with Crippen LogP contribution in [-0.4, -0.2) is 45.3 Å². The molecule has 3 heterocycles. The van der Waals surface area contributed by atoms with Gasteiger partial charge in [0.15, 0.2) is 0 Å². The van der Waals surface area contributed by atoms with Crippen LogP contribution in [0.15, 0.2) is 89.8 Å². The van der Waals surface area contributed by atoms with E-state index in [2.05, 4.69) is 20.9 Å². The van der Waals surface area contributed by atoms with Gasteiger partial charge in [0.2, 0.25) is 0 Å². The first kappa shape index (κ1) is 20.6. The van der Waals surface area contributed by atoms with Crippen molar-refractivity contribution in [3.63, 3.8) is 0 Å². The lowest BCUT2D eigenvalue weighted by molar-refractivity contribution is -0.0228. The molecule has 1 saturated heterocycles. The summed E-state index contributed by atoms with van der Waals surface area (Å²) in [7, 11) is 0. The molecular formula is C25H21BrN4O2. The van der Waals surface area contributed by atoms with Gasteiger partial charge in [0.05, 0.1) is 24.4 Å². The second-order valence-corrected chi connectivity index (χ2v) is 8.49. The molecule has 0 radical (unpaired) electrons. The Morgan fingerprint density at radius 2 is 1.84 bits per heavy atom. The smallest absolute Gasteiger partial charge is 0.257 e. The fourth-order valence-corrected chi connectivity index (χ4v) is 4.11. The van der Waals surface area contributed by atoms with E-state index in [1.807, 2.05) is 77.8 Å². The molecule has 1 amide bonds. The average Bonchev–Trinajstić information content (AvgIpc) is 3.31. The number of ether oxygens (including phenoxy) is 1. The van der Waals surface area contributed by atoms with Crippen LogP contribution in [0.1, 0.15) is 22.0 Å². The van der Waals surface area contributed by atoms with Gasteiger partial charge in [-0.25, -0.2) is 4.68 Å². The molecule has 6 nitrogen and oxygen atoms in total. The summed E-state index contributed by atoms with van der Waals surface area (Å²) in [6.07, 6.45) is 5.10. The number of hydrogen-bond acceptors (Lipinski definition) is 4. The van der Waals surface area contributed by atoms with E-state index < -0.39 is 0 Å². The summed E-state index contributed by atoms with van der Waals surface area (Å²) in [6, 6.07) is 21.6. The van der Waals surface area contributed by atoms with E-state index in [0.717, 1.165) is 21.3 Å². The average molecular weight is 489 g/mol. The third-order valence-electron chi connectivity index (χ3n) is 5.50. The molecule has 0 saturated carbocycles. The van der Waals surface area contributed by atoms with E-state index in [-0.39, 0.29) is 12.0 Å². The maximum Gasteiger partial charge on any atom is 0.257 e. The molecule has 7 heteroatoms. The number of carbonyl (C=O) groups excluding carboxylic acids is 1. The van der Waals surface area contributed by atoms with E-state index >= 15 is 0 Å². The minimum Gasteiger partial charge on any atom is -0.370 e. The molecule has 1 fully saturated rings. The summed E-state index contributed by atoms with van der Waals surface area (Å²) in [5.41, 5.74) is 3.93. The number of para-hydroxylation sites is 1. The SMILES string of the molecule is O=C(c1cn(-c2ccccc2)nc1-c1cccnc1)N1CCOC(c2ccc(Br)cc2)C1. The number of pyridine rings is 1. The van der Waals surface area contributed by atoms with Crippen LogP contribution in [0, 0.1) is 0 Å². The number of aromatic nitrogens is 3.